The molecule has 0 amide bonds. The van der Waals surface area contributed by atoms with Crippen LogP contribution in [-0.4, -0.2) is 4.98 Å². The third-order valence-electron chi connectivity index (χ3n) is 8.17. The van der Waals surface area contributed by atoms with E-state index in [1.165, 1.54) is 55.9 Å². The zero-order chi connectivity index (χ0) is 25.1. The van der Waals surface area contributed by atoms with Gasteiger partial charge in [-0.2, -0.15) is 0 Å². The average Bonchev–Trinajstić information content (AvgIpc) is 3.29. The van der Waals surface area contributed by atoms with Crippen LogP contribution in [0.2, 0.25) is 0 Å². The van der Waals surface area contributed by atoms with Crippen LogP contribution in [0.4, 0.5) is 17.1 Å². The van der Waals surface area contributed by atoms with E-state index in [2.05, 4.69) is 143 Å². The van der Waals surface area contributed by atoms with Gasteiger partial charge >= 0.3 is 0 Å². The maximum atomic E-state index is 4.26. The van der Waals surface area contributed by atoms with Gasteiger partial charge in [-0.15, -0.1) is 0 Å². The Morgan fingerprint density at radius 1 is 0.447 bits per heavy atom. The van der Waals surface area contributed by atoms with E-state index in [0.29, 0.717) is 0 Å². The first-order chi connectivity index (χ1) is 18.9. The fourth-order valence-corrected chi connectivity index (χ4v) is 6.69. The summed E-state index contributed by atoms with van der Waals surface area (Å²) in [7, 11) is 0. The van der Waals surface area contributed by atoms with E-state index < -0.39 is 5.41 Å². The number of para-hydroxylation sites is 2. The Labute approximate surface area is 222 Å². The molecule has 0 N–H and O–H groups in total. The highest BCUT2D eigenvalue weighted by Gasteiger charge is 2.51. The lowest BCUT2D eigenvalue weighted by Crippen LogP contribution is -2.36. The summed E-state index contributed by atoms with van der Waals surface area (Å²) in [6.45, 7) is 0. The molecule has 2 heteroatoms. The number of anilines is 3. The number of fused-ring (bicyclic) bond motifs is 9. The molecule has 2 heterocycles. The second-order valence-electron chi connectivity index (χ2n) is 10.00. The van der Waals surface area contributed by atoms with Crippen LogP contribution >= 0.6 is 0 Å². The van der Waals surface area contributed by atoms with Crippen molar-refractivity contribution in [1.82, 2.24) is 4.98 Å². The lowest BCUT2D eigenvalue weighted by molar-refractivity contribution is 0.753. The predicted molar refractivity (Wildman–Crippen MR) is 155 cm³/mol. The summed E-state index contributed by atoms with van der Waals surface area (Å²) >= 11 is 0. The minimum Gasteiger partial charge on any atom is -0.310 e. The van der Waals surface area contributed by atoms with Gasteiger partial charge in [-0.3, -0.25) is 4.98 Å². The van der Waals surface area contributed by atoms with Crippen molar-refractivity contribution < 1.29 is 0 Å². The summed E-state index contributed by atoms with van der Waals surface area (Å²) in [6, 6.07) is 48.7. The number of hydrogen-bond donors (Lipinski definition) is 0. The highest BCUT2D eigenvalue weighted by atomic mass is 15.2. The van der Waals surface area contributed by atoms with Crippen LogP contribution in [0.1, 0.15) is 22.3 Å². The van der Waals surface area contributed by atoms with E-state index in [1.807, 2.05) is 12.4 Å². The first-order valence-electron chi connectivity index (χ1n) is 13.1. The van der Waals surface area contributed by atoms with Crippen molar-refractivity contribution in [2.75, 3.05) is 4.90 Å². The minimum absolute atomic E-state index is 0.423. The maximum Gasteiger partial charge on any atom is 0.0754 e. The monoisotopic (exact) mass is 484 g/mol. The van der Waals surface area contributed by atoms with Gasteiger partial charge in [-0.05, 0) is 87.0 Å². The van der Waals surface area contributed by atoms with E-state index >= 15 is 0 Å². The van der Waals surface area contributed by atoms with Crippen LogP contribution in [0.5, 0.6) is 0 Å². The largest absolute Gasteiger partial charge is 0.310 e. The Kier molecular flexibility index (Phi) is 4.47. The van der Waals surface area contributed by atoms with E-state index in [0.717, 1.165) is 5.69 Å². The molecule has 1 aromatic heterocycles. The second kappa shape index (κ2) is 8.03. The second-order valence-corrected chi connectivity index (χ2v) is 10.00. The van der Waals surface area contributed by atoms with Crippen molar-refractivity contribution in [1.29, 1.82) is 0 Å². The van der Waals surface area contributed by atoms with Crippen molar-refractivity contribution in [2.24, 2.45) is 0 Å². The highest BCUT2D eigenvalue weighted by Crippen LogP contribution is 2.63. The van der Waals surface area contributed by atoms with Crippen LogP contribution in [-0.2, 0) is 5.41 Å². The van der Waals surface area contributed by atoms with Gasteiger partial charge in [0.25, 0.3) is 0 Å². The Hall–Kier alpha value is -4.95. The quantitative estimate of drug-likeness (QED) is 0.243. The van der Waals surface area contributed by atoms with Crippen molar-refractivity contribution in [3.05, 3.63) is 168 Å². The van der Waals surface area contributed by atoms with E-state index in [9.17, 15) is 0 Å². The number of rotatable bonds is 2. The Morgan fingerprint density at radius 2 is 1.03 bits per heavy atom. The standard InChI is InChI=1S/C36H24N2/c1-2-10-27(11-3-1)38-34-17-9-8-16-32(34)36(30-14-6-4-12-28(30)29-13-5-7-15-31(29)36)33-24-26(18-19-35(33)38)25-20-22-37-23-21-25/h1-24H. The molecule has 0 saturated carbocycles. The molecule has 1 spiro atoms. The van der Waals surface area contributed by atoms with Crippen molar-refractivity contribution in [3.63, 3.8) is 0 Å². The molecule has 0 fully saturated rings. The summed E-state index contributed by atoms with van der Waals surface area (Å²) in [6.07, 6.45) is 3.74. The third-order valence-corrected chi connectivity index (χ3v) is 8.17. The fourth-order valence-electron chi connectivity index (χ4n) is 6.69. The topological polar surface area (TPSA) is 16.1 Å². The first kappa shape index (κ1) is 21.2. The molecule has 8 rings (SSSR count). The number of hydrogen-bond acceptors (Lipinski definition) is 2. The molecule has 0 radical (unpaired) electrons. The van der Waals surface area contributed by atoms with Gasteiger partial charge in [0, 0.05) is 18.1 Å². The maximum absolute atomic E-state index is 4.26. The molecule has 1 aliphatic carbocycles. The van der Waals surface area contributed by atoms with Crippen LogP contribution in [0.15, 0.2) is 146 Å². The van der Waals surface area contributed by atoms with Gasteiger partial charge in [0.05, 0.1) is 16.8 Å². The van der Waals surface area contributed by atoms with Crippen molar-refractivity contribution in [2.45, 2.75) is 5.41 Å². The fraction of sp³-hybridized carbons (Fsp3) is 0.0278. The van der Waals surface area contributed by atoms with Gasteiger partial charge < -0.3 is 4.90 Å². The van der Waals surface area contributed by atoms with E-state index in [1.54, 1.807) is 0 Å². The molecule has 5 aromatic carbocycles. The van der Waals surface area contributed by atoms with Crippen LogP contribution in [0.25, 0.3) is 22.3 Å². The number of nitrogens with zero attached hydrogens (tertiary/aromatic N) is 2. The molecule has 0 bridgehead atoms. The molecule has 2 aliphatic rings. The molecular formula is C36H24N2. The molecule has 2 nitrogen and oxygen atoms in total. The molecule has 6 aromatic rings. The SMILES string of the molecule is c1ccc(N2c3ccccc3C3(c4ccccc4-c4ccccc43)c3cc(-c4ccncc4)ccc32)cc1. The predicted octanol–water partition coefficient (Wildman–Crippen LogP) is 8.89. The summed E-state index contributed by atoms with van der Waals surface area (Å²) in [5.41, 5.74) is 13.4. The Morgan fingerprint density at radius 3 is 1.74 bits per heavy atom. The number of benzene rings is 5. The molecule has 0 atom stereocenters. The Balaban J connectivity index is 1.55. The molecular weight excluding hydrogens is 460 g/mol. The van der Waals surface area contributed by atoms with Crippen molar-refractivity contribution >= 4 is 17.1 Å². The van der Waals surface area contributed by atoms with Crippen LogP contribution in [0, 0.1) is 0 Å². The summed E-state index contributed by atoms with van der Waals surface area (Å²) in [4.78, 5) is 6.69. The number of aromatic nitrogens is 1. The zero-order valence-corrected chi connectivity index (χ0v) is 20.8. The van der Waals surface area contributed by atoms with Gasteiger partial charge in [0.1, 0.15) is 0 Å². The number of pyridine rings is 1. The molecule has 178 valence electrons. The first-order valence-corrected chi connectivity index (χ1v) is 13.1. The normalized spacial score (nSPS) is 13.9. The minimum atomic E-state index is -0.423. The molecule has 0 unspecified atom stereocenters. The summed E-state index contributed by atoms with van der Waals surface area (Å²) in [5.74, 6) is 0. The average molecular weight is 485 g/mol. The Bertz CT molecular complexity index is 1780. The highest BCUT2D eigenvalue weighted by molar-refractivity contribution is 5.96. The van der Waals surface area contributed by atoms with E-state index in [-0.39, 0.29) is 0 Å². The summed E-state index contributed by atoms with van der Waals surface area (Å²) in [5, 5.41) is 0. The van der Waals surface area contributed by atoms with Gasteiger partial charge in [-0.25, -0.2) is 0 Å². The van der Waals surface area contributed by atoms with Gasteiger partial charge in [0.15, 0.2) is 0 Å². The third kappa shape index (κ3) is 2.75. The van der Waals surface area contributed by atoms with Gasteiger partial charge in [-0.1, -0.05) is 91.0 Å². The van der Waals surface area contributed by atoms with Crippen molar-refractivity contribution in [3.8, 4) is 22.3 Å². The smallest absolute Gasteiger partial charge is 0.0754 e. The molecule has 0 saturated heterocycles. The summed E-state index contributed by atoms with van der Waals surface area (Å²) < 4.78 is 0. The molecule has 1 aliphatic heterocycles. The zero-order valence-electron chi connectivity index (χ0n) is 20.8. The van der Waals surface area contributed by atoms with Gasteiger partial charge in [0.2, 0.25) is 0 Å². The molecule has 38 heavy (non-hydrogen) atoms. The van der Waals surface area contributed by atoms with Crippen LogP contribution < -0.4 is 4.90 Å². The van der Waals surface area contributed by atoms with Crippen LogP contribution in [0.3, 0.4) is 0 Å². The lowest BCUT2D eigenvalue weighted by atomic mass is 9.64. The van der Waals surface area contributed by atoms with E-state index in [4.69, 9.17) is 0 Å². The lowest BCUT2D eigenvalue weighted by Gasteiger charge is -2.45.